The van der Waals surface area contributed by atoms with Crippen molar-refractivity contribution < 1.29 is 9.59 Å². The number of quaternary nitrogens is 1. The first-order valence-electron chi connectivity index (χ1n) is 22.6. The van der Waals surface area contributed by atoms with Crippen LogP contribution in [0.5, 0.6) is 0 Å². The average Bonchev–Trinajstić information content (AvgIpc) is 3.50. The van der Waals surface area contributed by atoms with Gasteiger partial charge in [-0.05, 0) is 37.0 Å². The molecule has 1 aromatic carbocycles. The fraction of sp³-hybridized carbons (Fsp3) is 0.830. The van der Waals surface area contributed by atoms with E-state index in [2.05, 4.69) is 63.0 Å². The lowest BCUT2D eigenvalue weighted by Crippen LogP contribution is -2.51. The molecule has 0 aliphatic carbocycles. The van der Waals surface area contributed by atoms with Crippen molar-refractivity contribution in [1.29, 1.82) is 0 Å². The SMILES string of the molecule is CC(C)CCCCCCCCCCCCCCC([O-])=NCC[N+]1(Cc2ccccc2)CCN=C1CCCCCCCCCCCCCCC(C)C.Cl. The molecule has 52 heavy (non-hydrogen) atoms. The molecular formula is C47H86ClN3O. The van der Waals surface area contributed by atoms with Crippen LogP contribution in [0.25, 0.3) is 0 Å². The number of rotatable bonds is 35. The van der Waals surface area contributed by atoms with E-state index in [0.717, 1.165) is 55.3 Å². The maximum Gasteiger partial charge on any atom is 0.198 e. The molecule has 302 valence electrons. The molecule has 0 fully saturated rings. The molecule has 1 unspecified atom stereocenters. The summed E-state index contributed by atoms with van der Waals surface area (Å²) < 4.78 is 0.899. The third-order valence-corrected chi connectivity index (χ3v) is 11.4. The highest BCUT2D eigenvalue weighted by molar-refractivity contribution is 5.85. The van der Waals surface area contributed by atoms with Crippen molar-refractivity contribution in [2.45, 2.75) is 214 Å². The Kier molecular flexibility index (Phi) is 30.9. The summed E-state index contributed by atoms with van der Waals surface area (Å²) in [7, 11) is 0. The normalized spacial score (nSPS) is 16.2. The van der Waals surface area contributed by atoms with E-state index in [0.29, 0.717) is 13.0 Å². The first-order valence-corrected chi connectivity index (χ1v) is 22.6. The molecule has 4 nitrogen and oxygen atoms in total. The molecule has 1 heterocycles. The summed E-state index contributed by atoms with van der Waals surface area (Å²) >= 11 is 0. The fourth-order valence-electron chi connectivity index (χ4n) is 8.03. The topological polar surface area (TPSA) is 47.8 Å². The van der Waals surface area contributed by atoms with Gasteiger partial charge in [0.2, 0.25) is 0 Å². The van der Waals surface area contributed by atoms with E-state index in [4.69, 9.17) is 4.99 Å². The number of benzene rings is 1. The zero-order valence-electron chi connectivity index (χ0n) is 35.0. The Morgan fingerprint density at radius 3 is 1.50 bits per heavy atom. The zero-order chi connectivity index (χ0) is 36.7. The second kappa shape index (κ2) is 33.0. The number of nitrogens with zero attached hydrogens (tertiary/aromatic N) is 3. The Labute approximate surface area is 330 Å². The maximum atomic E-state index is 12.7. The van der Waals surface area contributed by atoms with E-state index in [1.54, 1.807) is 0 Å². The highest BCUT2D eigenvalue weighted by Gasteiger charge is 2.37. The summed E-state index contributed by atoms with van der Waals surface area (Å²) in [5, 5.41) is 12.7. The molecule has 0 saturated carbocycles. The van der Waals surface area contributed by atoms with Crippen LogP contribution in [0.1, 0.15) is 213 Å². The van der Waals surface area contributed by atoms with Crippen LogP contribution >= 0.6 is 12.4 Å². The molecule has 0 aromatic heterocycles. The molecule has 2 rings (SSSR count). The molecule has 0 amide bonds. The second-order valence-corrected chi connectivity index (χ2v) is 17.2. The highest BCUT2D eigenvalue weighted by atomic mass is 35.5. The monoisotopic (exact) mass is 744 g/mol. The smallest absolute Gasteiger partial charge is 0.198 e. The van der Waals surface area contributed by atoms with Gasteiger partial charge in [-0.15, -0.1) is 12.4 Å². The lowest BCUT2D eigenvalue weighted by molar-refractivity contribution is -0.848. The van der Waals surface area contributed by atoms with Gasteiger partial charge in [0.15, 0.2) is 5.84 Å². The first kappa shape index (κ1) is 48.6. The van der Waals surface area contributed by atoms with Gasteiger partial charge in [0.05, 0.1) is 13.1 Å². The van der Waals surface area contributed by atoms with E-state index < -0.39 is 0 Å². The predicted octanol–water partition coefficient (Wildman–Crippen LogP) is 13.8. The summed E-state index contributed by atoms with van der Waals surface area (Å²) in [4.78, 5) is 9.65. The number of aliphatic imine (C=N–C) groups is 2. The van der Waals surface area contributed by atoms with Gasteiger partial charge < -0.3 is 5.11 Å². The number of amidine groups is 1. The summed E-state index contributed by atoms with van der Waals surface area (Å²) in [6.45, 7) is 13.8. The van der Waals surface area contributed by atoms with Crippen molar-refractivity contribution in [3.8, 4) is 0 Å². The quantitative estimate of drug-likeness (QED) is 0.0295. The van der Waals surface area contributed by atoms with Crippen LogP contribution in [0.2, 0.25) is 0 Å². The van der Waals surface area contributed by atoms with Crippen LogP contribution in [0.15, 0.2) is 40.3 Å². The summed E-state index contributed by atoms with van der Waals surface area (Å²) in [6, 6.07) is 10.9. The van der Waals surface area contributed by atoms with Crippen molar-refractivity contribution in [1.82, 2.24) is 0 Å². The first-order chi connectivity index (χ1) is 24.9. The van der Waals surface area contributed by atoms with Crippen molar-refractivity contribution in [3.63, 3.8) is 0 Å². The van der Waals surface area contributed by atoms with Gasteiger partial charge >= 0.3 is 0 Å². The van der Waals surface area contributed by atoms with Crippen LogP contribution in [0, 0.1) is 11.8 Å². The molecule has 5 heteroatoms. The largest absolute Gasteiger partial charge is 0.862 e. The van der Waals surface area contributed by atoms with Gasteiger partial charge in [0.1, 0.15) is 19.6 Å². The van der Waals surface area contributed by atoms with Crippen LogP contribution in [0.4, 0.5) is 0 Å². The van der Waals surface area contributed by atoms with E-state index in [-0.39, 0.29) is 18.3 Å². The number of hydrogen-bond donors (Lipinski definition) is 0. The molecule has 1 aromatic rings. The number of halogens is 1. The lowest BCUT2D eigenvalue weighted by Gasteiger charge is -2.35. The molecule has 0 radical (unpaired) electrons. The maximum absolute atomic E-state index is 12.7. The zero-order valence-corrected chi connectivity index (χ0v) is 35.9. The Morgan fingerprint density at radius 1 is 0.615 bits per heavy atom. The molecule has 1 aliphatic rings. The van der Waals surface area contributed by atoms with Crippen molar-refractivity contribution in [2.24, 2.45) is 21.8 Å². The third-order valence-electron chi connectivity index (χ3n) is 11.4. The number of hydrogen-bond acceptors (Lipinski definition) is 3. The standard InChI is InChI=1S/C47H85N3O.ClH/c1-43(2)32-26-21-17-13-9-5-7-11-15-19-23-30-36-46-48-38-40-50(46,42-45-34-28-25-29-35-45)41-39-49-47(51)37-31-24-20-16-12-8-6-10-14-18-22-27-33-44(3)4;/h25,28-29,34-35,43-44H,5-24,26-27,30-33,36-42H2,1-4H3;1H. The van der Waals surface area contributed by atoms with Crippen molar-refractivity contribution in [3.05, 3.63) is 35.9 Å². The van der Waals surface area contributed by atoms with Crippen LogP contribution in [-0.4, -0.2) is 42.4 Å². The molecule has 0 spiro atoms. The van der Waals surface area contributed by atoms with Gasteiger partial charge in [-0.25, -0.2) is 4.99 Å². The lowest BCUT2D eigenvalue weighted by atomic mass is 10.0. The molecule has 1 atom stereocenters. The van der Waals surface area contributed by atoms with Gasteiger partial charge in [-0.2, -0.15) is 0 Å². The summed E-state index contributed by atoms with van der Waals surface area (Å²) in [6.07, 6.45) is 37.1. The second-order valence-electron chi connectivity index (χ2n) is 17.2. The van der Waals surface area contributed by atoms with Crippen LogP contribution < -0.4 is 5.11 Å². The van der Waals surface area contributed by atoms with E-state index in [1.165, 1.54) is 172 Å². The Balaban J connectivity index is 0.0000135. The Bertz CT molecular complexity index is 994. The van der Waals surface area contributed by atoms with E-state index in [1.807, 2.05) is 0 Å². The van der Waals surface area contributed by atoms with Crippen molar-refractivity contribution >= 4 is 24.1 Å². The molecule has 0 saturated heterocycles. The molecule has 0 bridgehead atoms. The fourth-order valence-corrected chi connectivity index (χ4v) is 8.03. The predicted molar refractivity (Wildman–Crippen MR) is 231 cm³/mol. The molecule has 1 aliphatic heterocycles. The molecule has 0 N–H and O–H groups in total. The Morgan fingerprint density at radius 2 is 1.04 bits per heavy atom. The highest BCUT2D eigenvalue weighted by Crippen LogP contribution is 2.25. The van der Waals surface area contributed by atoms with Crippen LogP contribution in [0.3, 0.4) is 0 Å². The van der Waals surface area contributed by atoms with E-state index in [9.17, 15) is 5.11 Å². The van der Waals surface area contributed by atoms with Crippen LogP contribution in [-0.2, 0) is 6.54 Å². The van der Waals surface area contributed by atoms with Gasteiger partial charge in [-0.1, -0.05) is 212 Å². The summed E-state index contributed by atoms with van der Waals surface area (Å²) in [5.74, 6) is 3.19. The minimum absolute atomic E-state index is 0. The molecular weight excluding hydrogens is 658 g/mol. The summed E-state index contributed by atoms with van der Waals surface area (Å²) in [5.41, 5.74) is 1.37. The van der Waals surface area contributed by atoms with Crippen molar-refractivity contribution in [2.75, 3.05) is 26.2 Å². The van der Waals surface area contributed by atoms with Gasteiger partial charge in [-0.3, -0.25) is 9.48 Å². The Hall–Kier alpha value is -1.39. The van der Waals surface area contributed by atoms with Gasteiger partial charge in [0, 0.05) is 12.0 Å². The van der Waals surface area contributed by atoms with Gasteiger partial charge in [0.25, 0.3) is 0 Å². The third kappa shape index (κ3) is 25.6. The number of unbranched alkanes of at least 4 members (excludes halogenated alkanes) is 22. The minimum Gasteiger partial charge on any atom is -0.862 e. The van der Waals surface area contributed by atoms with E-state index >= 15 is 0 Å². The average molecular weight is 745 g/mol. The minimum atomic E-state index is 0.